The Morgan fingerprint density at radius 2 is 1.49 bits per heavy atom. The summed E-state index contributed by atoms with van der Waals surface area (Å²) >= 11 is 0. The molecule has 0 radical (unpaired) electrons. The molecule has 0 aliphatic carbocycles. The number of aromatic hydroxyl groups is 1. The molecule has 5 nitrogen and oxygen atoms in total. The van der Waals surface area contributed by atoms with Gasteiger partial charge >= 0.3 is 0 Å². The number of hydrogen-bond acceptors (Lipinski definition) is 4. The SMILES string of the molecule is CC(C)(C)CC(C)(C)c1cc(-n2nc3ccc(C#N)cc3n2)c(O)c(C(C)(C)c2ccccc2)c1. The number of benzene rings is 3. The fourth-order valence-corrected chi connectivity index (χ4v) is 5.17. The molecule has 4 aromatic rings. The van der Waals surface area contributed by atoms with Crippen LogP contribution < -0.4 is 0 Å². The maximum atomic E-state index is 11.6. The van der Waals surface area contributed by atoms with E-state index in [2.05, 4.69) is 82.9 Å². The number of rotatable bonds is 5. The predicted octanol–water partition coefficient (Wildman–Crippen LogP) is 7.04. The van der Waals surface area contributed by atoms with E-state index in [-0.39, 0.29) is 16.6 Å². The van der Waals surface area contributed by atoms with Crippen molar-refractivity contribution in [2.24, 2.45) is 5.41 Å². The zero-order chi connectivity index (χ0) is 25.6. The van der Waals surface area contributed by atoms with Crippen LogP contribution in [0, 0.1) is 16.7 Å². The van der Waals surface area contributed by atoms with Gasteiger partial charge < -0.3 is 5.11 Å². The zero-order valence-electron chi connectivity index (χ0n) is 21.7. The Morgan fingerprint density at radius 3 is 2.11 bits per heavy atom. The van der Waals surface area contributed by atoms with E-state index in [0.29, 0.717) is 22.3 Å². The molecule has 0 fully saturated rings. The Bertz CT molecular complexity index is 1420. The van der Waals surface area contributed by atoms with Crippen LogP contribution >= 0.6 is 0 Å². The van der Waals surface area contributed by atoms with Crippen molar-refractivity contribution >= 4 is 11.0 Å². The van der Waals surface area contributed by atoms with Crippen LogP contribution in [0.15, 0.2) is 60.7 Å². The summed E-state index contributed by atoms with van der Waals surface area (Å²) < 4.78 is 0. The lowest BCUT2D eigenvalue weighted by Crippen LogP contribution is -2.27. The lowest BCUT2D eigenvalue weighted by atomic mass is 9.70. The van der Waals surface area contributed by atoms with Crippen LogP contribution in [-0.2, 0) is 10.8 Å². The molecule has 1 heterocycles. The van der Waals surface area contributed by atoms with E-state index in [1.165, 1.54) is 4.80 Å². The first-order valence-electron chi connectivity index (χ1n) is 12.0. The molecular formula is C30H34N4O. The van der Waals surface area contributed by atoms with E-state index < -0.39 is 5.41 Å². The maximum absolute atomic E-state index is 11.6. The Balaban J connectivity index is 1.97. The highest BCUT2D eigenvalue weighted by Crippen LogP contribution is 2.44. The van der Waals surface area contributed by atoms with Crippen molar-refractivity contribution in [3.8, 4) is 17.5 Å². The summed E-state index contributed by atoms with van der Waals surface area (Å²) in [5.41, 5.74) is 4.95. The highest BCUT2D eigenvalue weighted by atomic mass is 16.3. The molecule has 0 saturated carbocycles. The van der Waals surface area contributed by atoms with Crippen molar-refractivity contribution in [3.63, 3.8) is 0 Å². The average Bonchev–Trinajstić information content (AvgIpc) is 3.21. The van der Waals surface area contributed by atoms with Crippen LogP contribution in [0.25, 0.3) is 16.7 Å². The van der Waals surface area contributed by atoms with Gasteiger partial charge in [-0.05, 0) is 52.6 Å². The van der Waals surface area contributed by atoms with Crippen molar-refractivity contribution in [2.75, 3.05) is 0 Å². The highest BCUT2D eigenvalue weighted by Gasteiger charge is 2.33. The third-order valence-electron chi connectivity index (χ3n) is 6.74. The number of phenols is 1. The molecule has 1 N–H and O–H groups in total. The molecule has 1 aromatic heterocycles. The second-order valence-electron chi connectivity index (χ2n) is 11.8. The summed E-state index contributed by atoms with van der Waals surface area (Å²) in [5.74, 6) is 0.162. The van der Waals surface area contributed by atoms with Crippen molar-refractivity contribution in [1.82, 2.24) is 15.0 Å². The molecule has 0 bridgehead atoms. The van der Waals surface area contributed by atoms with Gasteiger partial charge in [0.05, 0.1) is 11.6 Å². The molecule has 0 saturated heterocycles. The normalized spacial score (nSPS) is 12.6. The van der Waals surface area contributed by atoms with Crippen LogP contribution in [0.3, 0.4) is 0 Å². The van der Waals surface area contributed by atoms with Gasteiger partial charge in [0.1, 0.15) is 22.5 Å². The molecule has 0 amide bonds. The first kappa shape index (κ1) is 24.5. The number of fused-ring (bicyclic) bond motifs is 1. The van der Waals surface area contributed by atoms with Gasteiger partial charge in [-0.1, -0.05) is 84.9 Å². The number of nitrogens with zero attached hydrogens (tertiary/aromatic N) is 4. The van der Waals surface area contributed by atoms with Crippen LogP contribution in [0.5, 0.6) is 5.75 Å². The molecule has 0 atom stereocenters. The second-order valence-corrected chi connectivity index (χ2v) is 11.8. The third-order valence-corrected chi connectivity index (χ3v) is 6.74. The molecular weight excluding hydrogens is 432 g/mol. The van der Waals surface area contributed by atoms with Crippen LogP contribution in [-0.4, -0.2) is 20.1 Å². The van der Waals surface area contributed by atoms with E-state index in [4.69, 9.17) is 0 Å². The van der Waals surface area contributed by atoms with E-state index in [9.17, 15) is 10.4 Å². The fraction of sp³-hybridized carbons (Fsp3) is 0.367. The molecule has 0 aliphatic rings. The molecule has 0 spiro atoms. The Kier molecular flexibility index (Phi) is 5.97. The minimum absolute atomic E-state index is 0.128. The van der Waals surface area contributed by atoms with E-state index in [1.807, 2.05) is 24.3 Å². The van der Waals surface area contributed by atoms with Gasteiger partial charge in [0.15, 0.2) is 0 Å². The van der Waals surface area contributed by atoms with E-state index in [0.717, 1.165) is 23.1 Å². The zero-order valence-corrected chi connectivity index (χ0v) is 21.7. The largest absolute Gasteiger partial charge is 0.505 e. The number of phenolic OH excluding ortho intramolecular Hbond substituents is 1. The fourth-order valence-electron chi connectivity index (χ4n) is 5.17. The number of aromatic nitrogens is 3. The molecule has 0 aliphatic heterocycles. The quantitative estimate of drug-likeness (QED) is 0.342. The maximum Gasteiger partial charge on any atom is 0.147 e. The van der Waals surface area contributed by atoms with Gasteiger partial charge in [-0.3, -0.25) is 0 Å². The standard InChI is InChI=1S/C30H34N4O/c1-28(2,3)19-29(4,5)22-16-23(30(6,7)21-11-9-8-10-12-21)27(35)26(17-22)34-32-24-14-13-20(18-31)15-25(24)33-34/h8-17,35H,19H2,1-7H3. The van der Waals surface area contributed by atoms with Gasteiger partial charge in [-0.25, -0.2) is 0 Å². The van der Waals surface area contributed by atoms with Crippen molar-refractivity contribution < 1.29 is 5.11 Å². The molecule has 0 unspecified atom stereocenters. The minimum Gasteiger partial charge on any atom is -0.505 e. The van der Waals surface area contributed by atoms with Crippen molar-refractivity contribution in [1.29, 1.82) is 5.26 Å². The van der Waals surface area contributed by atoms with Gasteiger partial charge in [0, 0.05) is 11.0 Å². The summed E-state index contributed by atoms with van der Waals surface area (Å²) in [7, 11) is 0. The third kappa shape index (κ3) is 4.79. The van der Waals surface area contributed by atoms with Gasteiger partial charge in [0.25, 0.3) is 0 Å². The Hall–Kier alpha value is -3.65. The molecule has 35 heavy (non-hydrogen) atoms. The second kappa shape index (κ2) is 8.53. The minimum atomic E-state index is -0.450. The predicted molar refractivity (Wildman–Crippen MR) is 141 cm³/mol. The van der Waals surface area contributed by atoms with Gasteiger partial charge in [-0.2, -0.15) is 5.26 Å². The Morgan fingerprint density at radius 1 is 0.829 bits per heavy atom. The highest BCUT2D eigenvalue weighted by molar-refractivity contribution is 5.76. The first-order chi connectivity index (χ1) is 16.3. The van der Waals surface area contributed by atoms with Crippen molar-refractivity contribution in [3.05, 3.63) is 82.9 Å². The molecule has 3 aromatic carbocycles. The summed E-state index contributed by atoms with van der Waals surface area (Å²) in [5, 5.41) is 30.2. The van der Waals surface area contributed by atoms with Gasteiger partial charge in [0.2, 0.25) is 0 Å². The lowest BCUT2D eigenvalue weighted by molar-refractivity contribution is 0.283. The van der Waals surface area contributed by atoms with Crippen LogP contribution in [0.1, 0.15) is 77.1 Å². The molecule has 180 valence electrons. The summed E-state index contributed by atoms with van der Waals surface area (Å²) in [6, 6.07) is 21.8. The number of hydrogen-bond donors (Lipinski definition) is 1. The molecule has 5 heteroatoms. The monoisotopic (exact) mass is 466 g/mol. The topological polar surface area (TPSA) is 74.7 Å². The Labute approximate surface area is 208 Å². The van der Waals surface area contributed by atoms with Gasteiger partial charge in [-0.15, -0.1) is 15.0 Å². The smallest absolute Gasteiger partial charge is 0.147 e. The summed E-state index contributed by atoms with van der Waals surface area (Å²) in [4.78, 5) is 1.50. The van der Waals surface area contributed by atoms with E-state index in [1.54, 1.807) is 18.2 Å². The summed E-state index contributed by atoms with van der Waals surface area (Å²) in [6.45, 7) is 15.5. The van der Waals surface area contributed by atoms with Crippen LogP contribution in [0.2, 0.25) is 0 Å². The van der Waals surface area contributed by atoms with Crippen LogP contribution in [0.4, 0.5) is 0 Å². The lowest BCUT2D eigenvalue weighted by Gasteiger charge is -2.35. The van der Waals surface area contributed by atoms with Crippen molar-refractivity contribution in [2.45, 2.75) is 65.7 Å². The van der Waals surface area contributed by atoms with E-state index >= 15 is 0 Å². The number of nitriles is 1. The summed E-state index contributed by atoms with van der Waals surface area (Å²) in [6.07, 6.45) is 0.968. The average molecular weight is 467 g/mol. The molecule has 4 rings (SSSR count). The first-order valence-corrected chi connectivity index (χ1v) is 12.0.